The van der Waals surface area contributed by atoms with Gasteiger partial charge in [0.15, 0.2) is 0 Å². The van der Waals surface area contributed by atoms with Crippen molar-refractivity contribution in [2.24, 2.45) is 0 Å². The first-order valence-corrected chi connectivity index (χ1v) is 8.13. The van der Waals surface area contributed by atoms with Crippen LogP contribution in [0.5, 0.6) is 0 Å². The Balaban J connectivity index is 2.33. The lowest BCUT2D eigenvalue weighted by Gasteiger charge is -2.27. The van der Waals surface area contributed by atoms with Gasteiger partial charge in [-0.2, -0.15) is 11.8 Å². The van der Waals surface area contributed by atoms with Crippen molar-refractivity contribution in [2.75, 3.05) is 11.5 Å². The topological polar surface area (TPSA) is 83.0 Å². The minimum absolute atomic E-state index is 0.170. The number of carboxylic acids is 1. The monoisotopic (exact) mass is 300 g/mol. The van der Waals surface area contributed by atoms with Gasteiger partial charge in [-0.25, -0.2) is 4.98 Å². The van der Waals surface area contributed by atoms with Gasteiger partial charge < -0.3 is 10.1 Å². The third-order valence-corrected chi connectivity index (χ3v) is 6.12. The van der Waals surface area contributed by atoms with E-state index in [1.165, 1.54) is 0 Å². The molecule has 7 heteroatoms. The van der Waals surface area contributed by atoms with Crippen LogP contribution in [0.4, 0.5) is 0 Å². The molecule has 0 amide bonds. The maximum Gasteiger partial charge on any atom is 0.308 e. The summed E-state index contributed by atoms with van der Waals surface area (Å²) >= 11 is 3.66. The molecule has 0 radical (unpaired) electrons. The van der Waals surface area contributed by atoms with E-state index in [0.717, 1.165) is 11.5 Å². The first-order valence-electron chi connectivity index (χ1n) is 6.03. The van der Waals surface area contributed by atoms with E-state index in [0.29, 0.717) is 16.8 Å². The van der Waals surface area contributed by atoms with Crippen molar-refractivity contribution >= 4 is 29.5 Å². The summed E-state index contributed by atoms with van der Waals surface area (Å²) in [5.41, 5.74) is 0.440. The number of H-pyrrole nitrogens is 1. The van der Waals surface area contributed by atoms with Crippen molar-refractivity contribution in [1.82, 2.24) is 9.97 Å². The molecule has 2 N–H and O–H groups in total. The van der Waals surface area contributed by atoms with Gasteiger partial charge in [0, 0.05) is 28.0 Å². The molecule has 2 heterocycles. The van der Waals surface area contributed by atoms with E-state index < -0.39 is 5.97 Å². The summed E-state index contributed by atoms with van der Waals surface area (Å²) in [6, 6.07) is 0. The summed E-state index contributed by atoms with van der Waals surface area (Å²) in [5.74, 6) is 1.81. The number of rotatable bonds is 3. The van der Waals surface area contributed by atoms with Crippen LogP contribution in [0.1, 0.15) is 29.3 Å². The first kappa shape index (κ1) is 14.5. The SMILES string of the molecule is Cc1nc(C2SCCSC2C)[nH]c(=O)c1CC(=O)O. The molecule has 0 bridgehead atoms. The second-order valence-electron chi connectivity index (χ2n) is 4.45. The second kappa shape index (κ2) is 6.00. The van der Waals surface area contributed by atoms with Crippen LogP contribution < -0.4 is 5.56 Å². The van der Waals surface area contributed by atoms with Crippen LogP contribution >= 0.6 is 23.5 Å². The molecule has 19 heavy (non-hydrogen) atoms. The highest BCUT2D eigenvalue weighted by Crippen LogP contribution is 2.40. The molecule has 2 rings (SSSR count). The largest absolute Gasteiger partial charge is 0.481 e. The van der Waals surface area contributed by atoms with Gasteiger partial charge in [0.2, 0.25) is 0 Å². The van der Waals surface area contributed by atoms with Crippen molar-refractivity contribution in [2.45, 2.75) is 30.8 Å². The molecule has 104 valence electrons. The lowest BCUT2D eigenvalue weighted by atomic mass is 10.1. The minimum atomic E-state index is -1.01. The number of aliphatic carboxylic acids is 1. The molecule has 0 saturated carbocycles. The van der Waals surface area contributed by atoms with Crippen LogP contribution in [0.3, 0.4) is 0 Å². The van der Waals surface area contributed by atoms with E-state index >= 15 is 0 Å². The molecule has 0 spiro atoms. The Kier molecular flexibility index (Phi) is 4.57. The number of aryl methyl sites for hydroxylation is 1. The number of carbonyl (C=O) groups is 1. The normalized spacial score (nSPS) is 23.3. The van der Waals surface area contributed by atoms with Gasteiger partial charge in [-0.15, -0.1) is 11.8 Å². The molecule has 0 aliphatic carbocycles. The molecule has 1 aliphatic heterocycles. The quantitative estimate of drug-likeness (QED) is 0.882. The summed E-state index contributed by atoms with van der Waals surface area (Å²) in [4.78, 5) is 29.9. The van der Waals surface area contributed by atoms with Crippen LogP contribution in [-0.4, -0.2) is 37.8 Å². The van der Waals surface area contributed by atoms with E-state index in [9.17, 15) is 9.59 Å². The number of hydrogen-bond donors (Lipinski definition) is 2. The molecule has 1 aromatic rings. The zero-order valence-corrected chi connectivity index (χ0v) is 12.4. The number of carboxylic acid groups (broad SMARTS) is 1. The van der Waals surface area contributed by atoms with Crippen molar-refractivity contribution in [3.8, 4) is 0 Å². The van der Waals surface area contributed by atoms with Gasteiger partial charge in [-0.1, -0.05) is 6.92 Å². The predicted octanol–water partition coefficient (Wildman–Crippen LogP) is 1.62. The van der Waals surface area contributed by atoms with Crippen LogP contribution in [0.15, 0.2) is 4.79 Å². The van der Waals surface area contributed by atoms with Crippen LogP contribution in [0.25, 0.3) is 0 Å². The van der Waals surface area contributed by atoms with Crippen LogP contribution in [-0.2, 0) is 11.2 Å². The van der Waals surface area contributed by atoms with Gasteiger partial charge >= 0.3 is 5.97 Å². The Morgan fingerprint density at radius 2 is 2.16 bits per heavy atom. The molecule has 1 aromatic heterocycles. The molecule has 1 aliphatic rings. The fourth-order valence-electron chi connectivity index (χ4n) is 2.06. The second-order valence-corrected chi connectivity index (χ2v) is 7.19. The van der Waals surface area contributed by atoms with E-state index in [2.05, 4.69) is 16.9 Å². The Hall–Kier alpha value is -0.950. The van der Waals surface area contributed by atoms with Crippen molar-refractivity contribution in [3.05, 3.63) is 27.4 Å². The lowest BCUT2D eigenvalue weighted by molar-refractivity contribution is -0.136. The van der Waals surface area contributed by atoms with E-state index in [1.54, 1.807) is 18.7 Å². The fourth-order valence-corrected chi connectivity index (χ4v) is 4.77. The van der Waals surface area contributed by atoms with Crippen molar-refractivity contribution in [3.63, 3.8) is 0 Å². The van der Waals surface area contributed by atoms with Crippen LogP contribution in [0.2, 0.25) is 0 Å². The molecular formula is C12H16N2O3S2. The minimum Gasteiger partial charge on any atom is -0.481 e. The summed E-state index contributed by atoms with van der Waals surface area (Å²) in [5, 5.41) is 9.35. The Morgan fingerprint density at radius 1 is 1.47 bits per heavy atom. The maximum atomic E-state index is 12.0. The predicted molar refractivity (Wildman–Crippen MR) is 78.1 cm³/mol. The molecule has 0 aromatic carbocycles. The smallest absolute Gasteiger partial charge is 0.308 e. The maximum absolute atomic E-state index is 12.0. The molecular weight excluding hydrogens is 284 g/mol. The van der Waals surface area contributed by atoms with E-state index in [-0.39, 0.29) is 22.8 Å². The highest BCUT2D eigenvalue weighted by atomic mass is 32.2. The van der Waals surface area contributed by atoms with Crippen molar-refractivity contribution in [1.29, 1.82) is 0 Å². The average Bonchev–Trinajstić information content (AvgIpc) is 2.34. The molecule has 1 fully saturated rings. The number of aromatic amines is 1. The molecule has 2 unspecified atom stereocenters. The third-order valence-electron chi connectivity index (χ3n) is 3.03. The summed E-state index contributed by atoms with van der Waals surface area (Å²) < 4.78 is 0. The number of nitrogens with zero attached hydrogens (tertiary/aromatic N) is 1. The lowest BCUT2D eigenvalue weighted by Crippen LogP contribution is -2.26. The fraction of sp³-hybridized carbons (Fsp3) is 0.583. The number of aromatic nitrogens is 2. The molecule has 2 atom stereocenters. The summed E-state index contributed by atoms with van der Waals surface area (Å²) in [6.45, 7) is 3.82. The average molecular weight is 300 g/mol. The Bertz CT molecular complexity index is 544. The van der Waals surface area contributed by atoms with Gasteiger partial charge in [-0.3, -0.25) is 9.59 Å². The van der Waals surface area contributed by atoms with Crippen molar-refractivity contribution < 1.29 is 9.90 Å². The summed E-state index contributed by atoms with van der Waals surface area (Å²) in [6.07, 6.45) is -0.281. The van der Waals surface area contributed by atoms with Gasteiger partial charge in [0.1, 0.15) is 5.82 Å². The first-order chi connectivity index (χ1) is 8.99. The third kappa shape index (κ3) is 3.33. The summed E-state index contributed by atoms with van der Waals surface area (Å²) in [7, 11) is 0. The van der Waals surface area contributed by atoms with E-state index in [4.69, 9.17) is 5.11 Å². The number of nitrogens with one attached hydrogen (secondary N) is 1. The molecule has 5 nitrogen and oxygen atoms in total. The Morgan fingerprint density at radius 3 is 2.74 bits per heavy atom. The molecule has 1 saturated heterocycles. The number of thioether (sulfide) groups is 2. The van der Waals surface area contributed by atoms with Gasteiger partial charge in [0.05, 0.1) is 11.7 Å². The van der Waals surface area contributed by atoms with Gasteiger partial charge in [-0.05, 0) is 6.92 Å². The zero-order valence-electron chi connectivity index (χ0n) is 10.8. The number of hydrogen-bond acceptors (Lipinski definition) is 5. The highest BCUT2D eigenvalue weighted by molar-refractivity contribution is 8.06. The highest BCUT2D eigenvalue weighted by Gasteiger charge is 2.27. The van der Waals surface area contributed by atoms with Crippen LogP contribution in [0, 0.1) is 6.92 Å². The Labute approximate surface area is 119 Å². The van der Waals surface area contributed by atoms with Gasteiger partial charge in [0.25, 0.3) is 5.56 Å². The standard InChI is InChI=1S/C12H16N2O3S2/c1-6-8(5-9(15)16)12(17)14-11(13-6)10-7(2)18-3-4-19-10/h7,10H,3-5H2,1-2H3,(H,15,16)(H,13,14,17). The van der Waals surface area contributed by atoms with E-state index in [1.807, 2.05) is 11.8 Å². The zero-order chi connectivity index (χ0) is 14.0.